The Morgan fingerprint density at radius 2 is 2.00 bits per heavy atom. The zero-order valence-electron chi connectivity index (χ0n) is 13.0. The number of amides is 2. The SMILES string of the molecule is CC(C)Cc1nnc(CNC(=O)Nc2ccc3c(c2)OCO3)o1. The number of aromatic nitrogens is 2. The summed E-state index contributed by atoms with van der Waals surface area (Å²) in [6, 6.07) is 4.82. The number of nitrogens with one attached hydrogen (secondary N) is 2. The van der Waals surface area contributed by atoms with Crippen LogP contribution in [0.15, 0.2) is 22.6 Å². The number of rotatable bonds is 5. The van der Waals surface area contributed by atoms with E-state index in [4.69, 9.17) is 13.9 Å². The molecule has 3 rings (SSSR count). The maximum absolute atomic E-state index is 11.9. The number of urea groups is 1. The molecule has 23 heavy (non-hydrogen) atoms. The van der Waals surface area contributed by atoms with Crippen LogP contribution < -0.4 is 20.1 Å². The van der Waals surface area contributed by atoms with E-state index in [9.17, 15) is 4.79 Å². The second kappa shape index (κ2) is 6.55. The van der Waals surface area contributed by atoms with Gasteiger partial charge >= 0.3 is 6.03 Å². The minimum absolute atomic E-state index is 0.168. The highest BCUT2D eigenvalue weighted by Crippen LogP contribution is 2.34. The number of anilines is 1. The average molecular weight is 318 g/mol. The molecule has 0 saturated carbocycles. The minimum Gasteiger partial charge on any atom is -0.454 e. The molecule has 0 aliphatic carbocycles. The number of carbonyl (C=O) groups excluding carboxylic acids is 1. The van der Waals surface area contributed by atoms with Crippen molar-refractivity contribution >= 4 is 11.7 Å². The van der Waals surface area contributed by atoms with Crippen molar-refractivity contribution in [3.8, 4) is 11.5 Å². The monoisotopic (exact) mass is 318 g/mol. The van der Waals surface area contributed by atoms with Gasteiger partial charge in [-0.15, -0.1) is 10.2 Å². The van der Waals surface area contributed by atoms with Gasteiger partial charge in [-0.25, -0.2) is 4.79 Å². The van der Waals surface area contributed by atoms with Crippen LogP contribution in [0.5, 0.6) is 11.5 Å². The van der Waals surface area contributed by atoms with Crippen LogP contribution in [-0.4, -0.2) is 23.0 Å². The van der Waals surface area contributed by atoms with E-state index >= 15 is 0 Å². The first-order chi connectivity index (χ1) is 11.1. The summed E-state index contributed by atoms with van der Waals surface area (Å²) in [4.78, 5) is 11.9. The molecule has 8 heteroatoms. The van der Waals surface area contributed by atoms with Gasteiger partial charge in [0.05, 0.1) is 6.54 Å². The highest BCUT2D eigenvalue weighted by Gasteiger charge is 2.14. The van der Waals surface area contributed by atoms with E-state index in [0.29, 0.717) is 34.9 Å². The fourth-order valence-electron chi connectivity index (χ4n) is 2.10. The van der Waals surface area contributed by atoms with Gasteiger partial charge in [0.2, 0.25) is 18.6 Å². The standard InChI is InChI=1S/C15H18N4O4/c1-9(2)5-13-18-19-14(23-13)7-16-15(20)17-10-3-4-11-12(6-10)22-8-21-11/h3-4,6,9H,5,7-8H2,1-2H3,(H2,16,17,20). The lowest BCUT2D eigenvalue weighted by atomic mass is 10.1. The van der Waals surface area contributed by atoms with Crippen LogP contribution in [0.25, 0.3) is 0 Å². The predicted molar refractivity (Wildman–Crippen MR) is 81.3 cm³/mol. The normalized spacial score (nSPS) is 12.5. The Kier molecular flexibility index (Phi) is 4.31. The number of benzene rings is 1. The van der Waals surface area contributed by atoms with Crippen molar-refractivity contribution < 1.29 is 18.7 Å². The number of hydrogen-bond acceptors (Lipinski definition) is 6. The number of hydrogen-bond donors (Lipinski definition) is 2. The van der Waals surface area contributed by atoms with E-state index in [-0.39, 0.29) is 19.4 Å². The second-order valence-corrected chi connectivity index (χ2v) is 5.56. The molecule has 1 aliphatic heterocycles. The molecule has 8 nitrogen and oxygen atoms in total. The third-order valence-electron chi connectivity index (χ3n) is 3.12. The van der Waals surface area contributed by atoms with E-state index in [2.05, 4.69) is 34.7 Å². The first-order valence-electron chi connectivity index (χ1n) is 7.36. The first kappa shape index (κ1) is 15.1. The number of carbonyl (C=O) groups is 1. The van der Waals surface area contributed by atoms with Gasteiger partial charge in [-0.1, -0.05) is 13.8 Å². The molecule has 0 radical (unpaired) electrons. The lowest BCUT2D eigenvalue weighted by molar-refractivity contribution is 0.174. The Balaban J connectivity index is 1.50. The molecular weight excluding hydrogens is 300 g/mol. The molecule has 0 bridgehead atoms. The van der Waals surface area contributed by atoms with Crippen molar-refractivity contribution in [3.05, 3.63) is 30.0 Å². The Labute approximate surface area is 133 Å². The molecule has 0 spiro atoms. The van der Waals surface area contributed by atoms with E-state index in [1.165, 1.54) is 0 Å². The highest BCUT2D eigenvalue weighted by molar-refractivity contribution is 5.89. The Bertz CT molecular complexity index is 699. The molecule has 2 heterocycles. The lowest BCUT2D eigenvalue weighted by Crippen LogP contribution is -2.28. The van der Waals surface area contributed by atoms with Crippen molar-refractivity contribution in [2.45, 2.75) is 26.8 Å². The van der Waals surface area contributed by atoms with Crippen LogP contribution in [0.4, 0.5) is 10.5 Å². The van der Waals surface area contributed by atoms with Gasteiger partial charge in [0.25, 0.3) is 0 Å². The van der Waals surface area contributed by atoms with Crippen molar-refractivity contribution in [2.24, 2.45) is 5.92 Å². The maximum atomic E-state index is 11.9. The fourth-order valence-corrected chi connectivity index (χ4v) is 2.10. The van der Waals surface area contributed by atoms with E-state index < -0.39 is 0 Å². The molecule has 1 aliphatic rings. The molecule has 2 N–H and O–H groups in total. The summed E-state index contributed by atoms with van der Waals surface area (Å²) in [5.74, 6) is 2.66. The molecule has 0 atom stereocenters. The quantitative estimate of drug-likeness (QED) is 0.878. The van der Waals surface area contributed by atoms with Crippen molar-refractivity contribution in [1.29, 1.82) is 0 Å². The topological polar surface area (TPSA) is 98.5 Å². The summed E-state index contributed by atoms with van der Waals surface area (Å²) >= 11 is 0. The van der Waals surface area contributed by atoms with Crippen molar-refractivity contribution in [2.75, 3.05) is 12.1 Å². The summed E-state index contributed by atoms with van der Waals surface area (Å²) in [7, 11) is 0. The van der Waals surface area contributed by atoms with Gasteiger partial charge in [0.1, 0.15) is 0 Å². The molecular formula is C15H18N4O4. The van der Waals surface area contributed by atoms with Crippen molar-refractivity contribution in [3.63, 3.8) is 0 Å². The zero-order chi connectivity index (χ0) is 16.2. The molecule has 2 aromatic rings. The van der Waals surface area contributed by atoms with Gasteiger partial charge in [-0.05, 0) is 18.1 Å². The highest BCUT2D eigenvalue weighted by atomic mass is 16.7. The van der Waals surface area contributed by atoms with Crippen LogP contribution in [0.2, 0.25) is 0 Å². The second-order valence-electron chi connectivity index (χ2n) is 5.56. The van der Waals surface area contributed by atoms with Gasteiger partial charge in [0.15, 0.2) is 11.5 Å². The molecule has 0 unspecified atom stereocenters. The van der Waals surface area contributed by atoms with Crippen LogP contribution in [-0.2, 0) is 13.0 Å². The number of nitrogens with zero attached hydrogens (tertiary/aromatic N) is 2. The first-order valence-corrected chi connectivity index (χ1v) is 7.36. The van der Waals surface area contributed by atoms with Gasteiger partial charge in [0, 0.05) is 18.2 Å². The summed E-state index contributed by atoms with van der Waals surface area (Å²) < 4.78 is 15.9. The zero-order valence-corrected chi connectivity index (χ0v) is 13.0. The van der Waals surface area contributed by atoms with Gasteiger partial charge < -0.3 is 24.5 Å². The summed E-state index contributed by atoms with van der Waals surface area (Å²) in [6.45, 7) is 4.50. The molecule has 2 amide bonds. The van der Waals surface area contributed by atoms with E-state index in [1.807, 2.05) is 0 Å². The third kappa shape index (κ3) is 3.91. The largest absolute Gasteiger partial charge is 0.454 e. The molecule has 0 fully saturated rings. The average Bonchev–Trinajstić information content (AvgIpc) is 3.13. The van der Waals surface area contributed by atoms with E-state index in [1.54, 1.807) is 18.2 Å². The molecule has 122 valence electrons. The van der Waals surface area contributed by atoms with Crippen molar-refractivity contribution in [1.82, 2.24) is 15.5 Å². The Morgan fingerprint density at radius 3 is 2.83 bits per heavy atom. The van der Waals surface area contributed by atoms with Gasteiger partial charge in [-0.2, -0.15) is 0 Å². The number of ether oxygens (including phenoxy) is 2. The predicted octanol–water partition coefficient (Wildman–Crippen LogP) is 2.32. The molecule has 0 saturated heterocycles. The molecule has 1 aromatic carbocycles. The number of fused-ring (bicyclic) bond motifs is 1. The van der Waals surface area contributed by atoms with Crippen LogP contribution >= 0.6 is 0 Å². The van der Waals surface area contributed by atoms with E-state index in [0.717, 1.165) is 6.42 Å². The smallest absolute Gasteiger partial charge is 0.319 e. The van der Waals surface area contributed by atoms with Crippen LogP contribution in [0.3, 0.4) is 0 Å². The Morgan fingerprint density at radius 1 is 1.22 bits per heavy atom. The third-order valence-corrected chi connectivity index (χ3v) is 3.12. The Hall–Kier alpha value is -2.77. The molecule has 1 aromatic heterocycles. The summed E-state index contributed by atoms with van der Waals surface area (Å²) in [6.07, 6.45) is 0.719. The minimum atomic E-state index is -0.368. The lowest BCUT2D eigenvalue weighted by Gasteiger charge is -2.06. The summed E-state index contributed by atoms with van der Waals surface area (Å²) in [5.41, 5.74) is 0.609. The van der Waals surface area contributed by atoms with Gasteiger partial charge in [-0.3, -0.25) is 0 Å². The van der Waals surface area contributed by atoms with Crippen LogP contribution in [0.1, 0.15) is 25.6 Å². The fraction of sp³-hybridized carbons (Fsp3) is 0.400. The summed E-state index contributed by atoms with van der Waals surface area (Å²) in [5, 5.41) is 13.2. The maximum Gasteiger partial charge on any atom is 0.319 e. The van der Waals surface area contributed by atoms with Crippen LogP contribution in [0, 0.1) is 5.92 Å².